The van der Waals surface area contributed by atoms with E-state index in [-0.39, 0.29) is 16.4 Å². The molecule has 0 amide bonds. The summed E-state index contributed by atoms with van der Waals surface area (Å²) in [7, 11) is 0. The van der Waals surface area contributed by atoms with Crippen LogP contribution in [0.4, 0.5) is 4.39 Å². The number of benzene rings is 1. The molecule has 14 heavy (non-hydrogen) atoms. The molecule has 0 aliphatic rings. The first-order valence-electron chi connectivity index (χ1n) is 4.67. The molecule has 1 rings (SSSR count). The summed E-state index contributed by atoms with van der Waals surface area (Å²) in [5, 5.41) is 0.161. The Kier molecular flexibility index (Phi) is 3.51. The van der Waals surface area contributed by atoms with Gasteiger partial charge in [-0.3, -0.25) is 0 Å². The molecule has 1 atom stereocenters. The quantitative estimate of drug-likeness (QED) is 0.824. The third kappa shape index (κ3) is 2.96. The minimum absolute atomic E-state index is 0.161. The van der Waals surface area contributed by atoms with E-state index >= 15 is 0 Å². The van der Waals surface area contributed by atoms with Gasteiger partial charge in [0.15, 0.2) is 0 Å². The Balaban J connectivity index is 2.83. The lowest BCUT2D eigenvalue weighted by atomic mass is 9.91. The zero-order valence-corrected chi connectivity index (χ0v) is 9.24. The van der Waals surface area contributed by atoms with Crippen molar-refractivity contribution in [2.75, 3.05) is 0 Å². The maximum atomic E-state index is 12.9. The van der Waals surface area contributed by atoms with Crippen molar-refractivity contribution in [1.29, 1.82) is 0 Å². The van der Waals surface area contributed by atoms with E-state index in [0.29, 0.717) is 6.42 Å². The summed E-state index contributed by atoms with van der Waals surface area (Å²) in [5.74, 6) is -0.384. The van der Waals surface area contributed by atoms with Gasteiger partial charge in [-0.2, -0.15) is 0 Å². The average molecular weight is 216 g/mol. The Morgan fingerprint density at radius 2 is 2.14 bits per heavy atom. The Bertz CT molecular complexity index is 323. The maximum Gasteiger partial charge on any atom is 0.141 e. The van der Waals surface area contributed by atoms with Gasteiger partial charge >= 0.3 is 0 Å². The van der Waals surface area contributed by atoms with Crippen LogP contribution < -0.4 is 5.73 Å². The van der Waals surface area contributed by atoms with Gasteiger partial charge in [0, 0.05) is 5.54 Å². The molecule has 0 aliphatic heterocycles. The zero-order valence-electron chi connectivity index (χ0n) is 8.48. The number of nitrogens with two attached hydrogens (primary N) is 1. The Morgan fingerprint density at radius 3 is 2.64 bits per heavy atom. The number of halogens is 2. The van der Waals surface area contributed by atoms with Crippen molar-refractivity contribution >= 4 is 11.6 Å². The minimum Gasteiger partial charge on any atom is -0.325 e. The molecular weight excluding hydrogens is 201 g/mol. The second kappa shape index (κ2) is 4.28. The van der Waals surface area contributed by atoms with Crippen molar-refractivity contribution in [3.63, 3.8) is 0 Å². The van der Waals surface area contributed by atoms with Crippen LogP contribution in [0.25, 0.3) is 0 Å². The third-order valence-corrected chi connectivity index (χ3v) is 2.69. The van der Waals surface area contributed by atoms with E-state index in [0.717, 1.165) is 12.0 Å². The molecule has 2 N–H and O–H groups in total. The van der Waals surface area contributed by atoms with Crippen LogP contribution in [0.1, 0.15) is 25.8 Å². The molecule has 0 heterocycles. The molecular formula is C11H15ClFN. The molecule has 0 saturated heterocycles. The molecule has 0 bridgehead atoms. The first-order chi connectivity index (χ1) is 6.44. The van der Waals surface area contributed by atoms with Crippen LogP contribution in [0.3, 0.4) is 0 Å². The molecule has 3 heteroatoms. The van der Waals surface area contributed by atoms with E-state index in [1.807, 2.05) is 13.8 Å². The molecule has 0 spiro atoms. The summed E-state index contributed by atoms with van der Waals surface area (Å²) in [5.41, 5.74) is 6.73. The molecule has 0 radical (unpaired) electrons. The predicted octanol–water partition coefficient (Wildman–Crippen LogP) is 3.15. The van der Waals surface area contributed by atoms with Crippen LogP contribution in [-0.2, 0) is 6.42 Å². The number of rotatable bonds is 3. The molecule has 1 unspecified atom stereocenters. The van der Waals surface area contributed by atoms with Crippen LogP contribution in [0.2, 0.25) is 5.02 Å². The summed E-state index contributed by atoms with van der Waals surface area (Å²) in [6.45, 7) is 4.01. The van der Waals surface area contributed by atoms with Gasteiger partial charge in [0.2, 0.25) is 0 Å². The highest BCUT2D eigenvalue weighted by Gasteiger charge is 2.16. The fourth-order valence-electron chi connectivity index (χ4n) is 1.24. The van der Waals surface area contributed by atoms with E-state index in [4.69, 9.17) is 17.3 Å². The van der Waals surface area contributed by atoms with Crippen LogP contribution in [0.15, 0.2) is 18.2 Å². The summed E-state index contributed by atoms with van der Waals surface area (Å²) < 4.78 is 12.9. The highest BCUT2D eigenvalue weighted by atomic mass is 35.5. The van der Waals surface area contributed by atoms with Crippen molar-refractivity contribution in [1.82, 2.24) is 0 Å². The summed E-state index contributed by atoms with van der Waals surface area (Å²) in [6, 6.07) is 4.74. The van der Waals surface area contributed by atoms with Crippen LogP contribution >= 0.6 is 11.6 Å². The van der Waals surface area contributed by atoms with Crippen molar-refractivity contribution < 1.29 is 4.39 Å². The Hall–Kier alpha value is -0.600. The standard InChI is InChI=1S/C11H15ClFN/c1-3-11(2,14)7-8-4-5-10(13)9(12)6-8/h4-6H,3,7,14H2,1-2H3. The highest BCUT2D eigenvalue weighted by molar-refractivity contribution is 6.30. The lowest BCUT2D eigenvalue weighted by molar-refractivity contribution is 0.449. The molecule has 0 aliphatic carbocycles. The van der Waals surface area contributed by atoms with Gasteiger partial charge in [-0.1, -0.05) is 24.6 Å². The van der Waals surface area contributed by atoms with Gasteiger partial charge in [0.1, 0.15) is 5.82 Å². The monoisotopic (exact) mass is 215 g/mol. The van der Waals surface area contributed by atoms with Crippen LogP contribution in [-0.4, -0.2) is 5.54 Å². The third-order valence-electron chi connectivity index (χ3n) is 2.40. The lowest BCUT2D eigenvalue weighted by Crippen LogP contribution is -2.37. The number of hydrogen-bond acceptors (Lipinski definition) is 1. The van der Waals surface area contributed by atoms with E-state index < -0.39 is 0 Å². The van der Waals surface area contributed by atoms with Crippen molar-refractivity contribution in [2.45, 2.75) is 32.2 Å². The van der Waals surface area contributed by atoms with E-state index in [2.05, 4.69) is 0 Å². The highest BCUT2D eigenvalue weighted by Crippen LogP contribution is 2.20. The first-order valence-corrected chi connectivity index (χ1v) is 5.05. The molecule has 0 saturated carbocycles. The van der Waals surface area contributed by atoms with Gasteiger partial charge in [-0.15, -0.1) is 0 Å². The summed E-state index contributed by atoms with van der Waals surface area (Å²) in [4.78, 5) is 0. The van der Waals surface area contributed by atoms with Gasteiger partial charge in [0.25, 0.3) is 0 Å². The predicted molar refractivity (Wildman–Crippen MR) is 58.0 cm³/mol. The molecule has 0 fully saturated rings. The molecule has 1 aromatic rings. The van der Waals surface area contributed by atoms with E-state index in [1.165, 1.54) is 6.07 Å². The number of hydrogen-bond donors (Lipinski definition) is 1. The Labute approximate surface area is 89.1 Å². The minimum atomic E-state index is -0.384. The van der Waals surface area contributed by atoms with E-state index in [1.54, 1.807) is 12.1 Å². The second-order valence-electron chi connectivity index (χ2n) is 3.93. The average Bonchev–Trinajstić information content (AvgIpc) is 2.11. The smallest absolute Gasteiger partial charge is 0.141 e. The van der Waals surface area contributed by atoms with Crippen LogP contribution in [0, 0.1) is 5.82 Å². The van der Waals surface area contributed by atoms with Crippen molar-refractivity contribution in [3.8, 4) is 0 Å². The largest absolute Gasteiger partial charge is 0.325 e. The second-order valence-corrected chi connectivity index (χ2v) is 4.34. The molecule has 0 aromatic heterocycles. The summed E-state index contributed by atoms with van der Waals surface area (Å²) >= 11 is 5.67. The van der Waals surface area contributed by atoms with Crippen LogP contribution in [0.5, 0.6) is 0 Å². The van der Waals surface area contributed by atoms with Crippen molar-refractivity contribution in [3.05, 3.63) is 34.6 Å². The van der Waals surface area contributed by atoms with Crippen molar-refractivity contribution in [2.24, 2.45) is 5.73 Å². The first kappa shape index (κ1) is 11.5. The van der Waals surface area contributed by atoms with Gasteiger partial charge in [0.05, 0.1) is 5.02 Å². The lowest BCUT2D eigenvalue weighted by Gasteiger charge is -2.22. The fraction of sp³-hybridized carbons (Fsp3) is 0.455. The normalized spacial score (nSPS) is 15.2. The molecule has 1 nitrogen and oxygen atoms in total. The van der Waals surface area contributed by atoms with Gasteiger partial charge in [-0.25, -0.2) is 4.39 Å². The maximum absolute atomic E-state index is 12.9. The fourth-order valence-corrected chi connectivity index (χ4v) is 1.44. The topological polar surface area (TPSA) is 26.0 Å². The molecule has 78 valence electrons. The SMILES string of the molecule is CCC(C)(N)Cc1ccc(F)c(Cl)c1. The zero-order chi connectivity index (χ0) is 10.8. The van der Waals surface area contributed by atoms with Gasteiger partial charge in [-0.05, 0) is 37.5 Å². The van der Waals surface area contributed by atoms with E-state index in [9.17, 15) is 4.39 Å². The molecule has 1 aromatic carbocycles. The Morgan fingerprint density at radius 1 is 1.50 bits per heavy atom. The van der Waals surface area contributed by atoms with Gasteiger partial charge < -0.3 is 5.73 Å². The summed E-state index contributed by atoms with van der Waals surface area (Å²) in [6.07, 6.45) is 1.59.